The summed E-state index contributed by atoms with van der Waals surface area (Å²) in [6, 6.07) is 26.3. The molecule has 0 aliphatic carbocycles. The van der Waals surface area contributed by atoms with Crippen LogP contribution in [-0.2, 0) is 24.3 Å². The molecule has 0 unspecified atom stereocenters. The molecule has 1 atom stereocenters. The number of rotatable bonds is 8. The Morgan fingerprint density at radius 2 is 1.31 bits per heavy atom. The van der Waals surface area contributed by atoms with Crippen LogP contribution in [0.25, 0.3) is 0 Å². The molecule has 0 saturated carbocycles. The smallest absolute Gasteiger partial charge is 0.137 e. The summed E-state index contributed by atoms with van der Waals surface area (Å²) in [5.74, 6) is -0.273. The van der Waals surface area contributed by atoms with Gasteiger partial charge in [0.05, 0.1) is 6.04 Å². The number of carbonyl (C=O) groups excluding carboxylic acids is 1. The van der Waals surface area contributed by atoms with Crippen LogP contribution in [0.15, 0.2) is 84.9 Å². The molecule has 3 aromatic carbocycles. The molecule has 0 radical (unpaired) electrons. The molecule has 0 fully saturated rings. The number of benzene rings is 3. The van der Waals surface area contributed by atoms with E-state index in [1.165, 1.54) is 12.1 Å². The van der Waals surface area contributed by atoms with E-state index in [2.05, 4.69) is 29.2 Å². The Balaban J connectivity index is 1.82. The van der Waals surface area contributed by atoms with Crippen LogP contribution in [-0.4, -0.2) is 17.2 Å². The van der Waals surface area contributed by atoms with E-state index in [-0.39, 0.29) is 11.9 Å². The fourth-order valence-corrected chi connectivity index (χ4v) is 3.09. The van der Waals surface area contributed by atoms with Gasteiger partial charge in [-0.2, -0.15) is 0 Å². The van der Waals surface area contributed by atoms with Crippen LogP contribution in [0.4, 0.5) is 4.39 Å². The Kier molecular flexibility index (Phi) is 6.29. The van der Waals surface area contributed by atoms with Gasteiger partial charge in [0.15, 0.2) is 0 Å². The highest BCUT2D eigenvalue weighted by atomic mass is 19.1. The zero-order chi connectivity index (χ0) is 18.2. The van der Waals surface area contributed by atoms with Gasteiger partial charge in [-0.15, -0.1) is 0 Å². The largest absolute Gasteiger partial charge is 0.302 e. The molecule has 0 aliphatic heterocycles. The standard InChI is InChI=1S/C23H22FNO/c24-22-13-7-12-21(14-22)15-23(18-26)25(16-19-8-3-1-4-9-19)17-20-10-5-2-6-11-20/h1-14,18,23H,15-17H2/t23-/m0/s1. The summed E-state index contributed by atoms with van der Waals surface area (Å²) in [5.41, 5.74) is 3.12. The predicted molar refractivity (Wildman–Crippen MR) is 102 cm³/mol. The lowest BCUT2D eigenvalue weighted by molar-refractivity contribution is -0.112. The van der Waals surface area contributed by atoms with Crippen LogP contribution < -0.4 is 0 Å². The minimum absolute atomic E-state index is 0.273. The summed E-state index contributed by atoms with van der Waals surface area (Å²) in [5, 5.41) is 0. The summed E-state index contributed by atoms with van der Waals surface area (Å²) in [6.45, 7) is 1.32. The van der Waals surface area contributed by atoms with Crippen LogP contribution in [0.2, 0.25) is 0 Å². The molecule has 0 amide bonds. The predicted octanol–water partition coefficient (Wildman–Crippen LogP) is 4.64. The monoisotopic (exact) mass is 347 g/mol. The molecule has 3 aromatic rings. The van der Waals surface area contributed by atoms with E-state index in [9.17, 15) is 9.18 Å². The average Bonchev–Trinajstić information content (AvgIpc) is 2.67. The zero-order valence-corrected chi connectivity index (χ0v) is 14.6. The van der Waals surface area contributed by atoms with Crippen molar-refractivity contribution < 1.29 is 9.18 Å². The molecule has 0 spiro atoms. The van der Waals surface area contributed by atoms with E-state index in [1.807, 2.05) is 42.5 Å². The highest BCUT2D eigenvalue weighted by molar-refractivity contribution is 5.58. The summed E-state index contributed by atoms with van der Waals surface area (Å²) >= 11 is 0. The van der Waals surface area contributed by atoms with E-state index in [0.29, 0.717) is 19.5 Å². The summed E-state index contributed by atoms with van der Waals surface area (Å²) in [7, 11) is 0. The molecular formula is C23H22FNO. The van der Waals surface area contributed by atoms with Crippen molar-refractivity contribution in [3.8, 4) is 0 Å². The van der Waals surface area contributed by atoms with E-state index in [0.717, 1.165) is 23.0 Å². The first kappa shape index (κ1) is 18.0. The molecule has 2 nitrogen and oxygen atoms in total. The van der Waals surface area contributed by atoms with Gasteiger partial charge in [-0.1, -0.05) is 72.8 Å². The van der Waals surface area contributed by atoms with Crippen LogP contribution >= 0.6 is 0 Å². The highest BCUT2D eigenvalue weighted by Crippen LogP contribution is 2.16. The number of halogens is 1. The molecule has 3 rings (SSSR count). The third-order valence-electron chi connectivity index (χ3n) is 4.42. The van der Waals surface area contributed by atoms with Gasteiger partial charge in [-0.05, 0) is 35.2 Å². The number of carbonyl (C=O) groups is 1. The molecule has 0 saturated heterocycles. The van der Waals surface area contributed by atoms with E-state index < -0.39 is 0 Å². The zero-order valence-electron chi connectivity index (χ0n) is 14.6. The second kappa shape index (κ2) is 9.07. The quantitative estimate of drug-likeness (QED) is 0.553. The van der Waals surface area contributed by atoms with Gasteiger partial charge in [0, 0.05) is 13.1 Å². The lowest BCUT2D eigenvalue weighted by Crippen LogP contribution is -2.37. The van der Waals surface area contributed by atoms with Crippen molar-refractivity contribution in [1.29, 1.82) is 0 Å². The third-order valence-corrected chi connectivity index (χ3v) is 4.42. The second-order valence-corrected chi connectivity index (χ2v) is 6.41. The fourth-order valence-electron chi connectivity index (χ4n) is 3.09. The molecule has 26 heavy (non-hydrogen) atoms. The minimum Gasteiger partial charge on any atom is -0.302 e. The van der Waals surface area contributed by atoms with Gasteiger partial charge < -0.3 is 4.79 Å². The molecule has 0 heterocycles. The molecule has 132 valence electrons. The van der Waals surface area contributed by atoms with Crippen LogP contribution in [0.5, 0.6) is 0 Å². The number of aldehydes is 1. The normalized spacial score (nSPS) is 12.1. The molecular weight excluding hydrogens is 325 g/mol. The minimum atomic E-state index is -0.322. The van der Waals surface area contributed by atoms with Gasteiger partial charge in [-0.3, -0.25) is 4.90 Å². The number of nitrogens with zero attached hydrogens (tertiary/aromatic N) is 1. The van der Waals surface area contributed by atoms with Crippen LogP contribution in [0, 0.1) is 5.82 Å². The van der Waals surface area contributed by atoms with Gasteiger partial charge in [0.2, 0.25) is 0 Å². The number of hydrogen-bond donors (Lipinski definition) is 0. The van der Waals surface area contributed by atoms with Crippen molar-refractivity contribution >= 4 is 6.29 Å². The first-order valence-corrected chi connectivity index (χ1v) is 8.76. The molecule has 0 N–H and O–H groups in total. The maximum Gasteiger partial charge on any atom is 0.137 e. The maximum absolute atomic E-state index is 13.5. The third kappa shape index (κ3) is 5.11. The van der Waals surface area contributed by atoms with E-state index in [1.54, 1.807) is 6.07 Å². The lowest BCUT2D eigenvalue weighted by Gasteiger charge is -2.28. The Labute approximate surface area is 153 Å². The fraction of sp³-hybridized carbons (Fsp3) is 0.174. The van der Waals surface area contributed by atoms with Gasteiger partial charge in [0.25, 0.3) is 0 Å². The van der Waals surface area contributed by atoms with E-state index in [4.69, 9.17) is 0 Å². The van der Waals surface area contributed by atoms with Crippen molar-refractivity contribution in [3.63, 3.8) is 0 Å². The van der Waals surface area contributed by atoms with Crippen LogP contribution in [0.1, 0.15) is 16.7 Å². The van der Waals surface area contributed by atoms with Gasteiger partial charge in [-0.25, -0.2) is 4.39 Å². The first-order valence-electron chi connectivity index (χ1n) is 8.76. The molecule has 0 aliphatic rings. The van der Waals surface area contributed by atoms with Crippen molar-refractivity contribution in [2.24, 2.45) is 0 Å². The Hall–Kier alpha value is -2.78. The maximum atomic E-state index is 13.5. The van der Waals surface area contributed by atoms with Crippen molar-refractivity contribution in [3.05, 3.63) is 107 Å². The van der Waals surface area contributed by atoms with Crippen molar-refractivity contribution in [2.45, 2.75) is 25.6 Å². The van der Waals surface area contributed by atoms with Crippen molar-refractivity contribution in [2.75, 3.05) is 0 Å². The topological polar surface area (TPSA) is 20.3 Å². The van der Waals surface area contributed by atoms with Crippen LogP contribution in [0.3, 0.4) is 0 Å². The van der Waals surface area contributed by atoms with Gasteiger partial charge in [0.1, 0.15) is 12.1 Å². The summed E-state index contributed by atoms with van der Waals surface area (Å²) in [6.07, 6.45) is 1.46. The Bertz CT molecular complexity index is 778. The molecule has 0 aromatic heterocycles. The molecule has 0 bridgehead atoms. The SMILES string of the molecule is O=C[C@H](Cc1cccc(F)c1)N(Cc1ccccc1)Cc1ccccc1. The number of hydrogen-bond acceptors (Lipinski definition) is 2. The molecule has 3 heteroatoms. The van der Waals surface area contributed by atoms with Gasteiger partial charge >= 0.3 is 0 Å². The summed E-state index contributed by atoms with van der Waals surface area (Å²) in [4.78, 5) is 14.0. The second-order valence-electron chi connectivity index (χ2n) is 6.41. The Morgan fingerprint density at radius 3 is 1.81 bits per heavy atom. The average molecular weight is 347 g/mol. The van der Waals surface area contributed by atoms with E-state index >= 15 is 0 Å². The Morgan fingerprint density at radius 1 is 0.769 bits per heavy atom. The lowest BCUT2D eigenvalue weighted by atomic mass is 10.0. The summed E-state index contributed by atoms with van der Waals surface area (Å²) < 4.78 is 13.5. The first-order chi connectivity index (χ1) is 12.7. The highest BCUT2D eigenvalue weighted by Gasteiger charge is 2.19. The van der Waals surface area contributed by atoms with Crippen molar-refractivity contribution in [1.82, 2.24) is 4.90 Å².